The molecule has 6 nitrogen and oxygen atoms in total. The fraction of sp³-hybridized carbons (Fsp3) is 0.500. The lowest BCUT2D eigenvalue weighted by atomic mass is 10.1. The first-order valence-electron chi connectivity index (χ1n) is 8.40. The molecule has 1 aromatic carbocycles. The van der Waals surface area contributed by atoms with Gasteiger partial charge in [0.15, 0.2) is 0 Å². The molecule has 2 rings (SSSR count). The third-order valence-corrected chi connectivity index (χ3v) is 4.16. The first kappa shape index (κ1) is 18.0. The van der Waals surface area contributed by atoms with Gasteiger partial charge in [0.1, 0.15) is 0 Å². The first-order chi connectivity index (χ1) is 11.6. The monoisotopic (exact) mass is 332 g/mol. The van der Waals surface area contributed by atoms with Crippen molar-refractivity contribution in [3.05, 3.63) is 35.9 Å². The summed E-state index contributed by atoms with van der Waals surface area (Å²) in [6.45, 7) is 1.21. The second kappa shape index (κ2) is 9.05. The molecule has 1 aliphatic heterocycles. The quantitative estimate of drug-likeness (QED) is 0.678. The van der Waals surface area contributed by atoms with Crippen LogP contribution in [0.2, 0.25) is 0 Å². The van der Waals surface area contributed by atoms with Crippen LogP contribution in [0, 0.1) is 0 Å². The van der Waals surface area contributed by atoms with Crippen LogP contribution >= 0.6 is 0 Å². The Kier molecular flexibility index (Phi) is 6.78. The summed E-state index contributed by atoms with van der Waals surface area (Å²) in [6, 6.07) is 9.38. The Balaban J connectivity index is 1.91. The molecule has 1 heterocycles. The molecule has 0 radical (unpaired) electrons. The Bertz CT molecular complexity index is 574. The number of unbranched alkanes of at least 4 members (excludes halogenated alkanes) is 1. The summed E-state index contributed by atoms with van der Waals surface area (Å²) in [5.74, 6) is -0.822. The maximum atomic E-state index is 12.2. The van der Waals surface area contributed by atoms with E-state index >= 15 is 0 Å². The molecule has 0 saturated carbocycles. The zero-order valence-corrected chi connectivity index (χ0v) is 13.7. The van der Waals surface area contributed by atoms with Gasteiger partial charge in [-0.15, -0.1) is 0 Å². The van der Waals surface area contributed by atoms with Crippen molar-refractivity contribution in [1.82, 2.24) is 10.2 Å². The van der Waals surface area contributed by atoms with E-state index in [2.05, 4.69) is 5.32 Å². The highest BCUT2D eigenvalue weighted by Crippen LogP contribution is 2.19. The molecule has 2 N–H and O–H groups in total. The highest BCUT2D eigenvalue weighted by molar-refractivity contribution is 5.79. The molecule has 0 spiro atoms. The van der Waals surface area contributed by atoms with Crippen LogP contribution in [0.15, 0.2) is 30.3 Å². The summed E-state index contributed by atoms with van der Waals surface area (Å²) in [6.07, 6.45) is 2.85. The number of hydrogen-bond donors (Lipinski definition) is 2. The smallest absolute Gasteiger partial charge is 0.303 e. The van der Waals surface area contributed by atoms with Gasteiger partial charge in [-0.25, -0.2) is 0 Å². The van der Waals surface area contributed by atoms with Gasteiger partial charge in [0.25, 0.3) is 0 Å². The Morgan fingerprint density at radius 2 is 1.88 bits per heavy atom. The Labute approximate surface area is 141 Å². The van der Waals surface area contributed by atoms with E-state index < -0.39 is 5.97 Å². The van der Waals surface area contributed by atoms with E-state index in [1.807, 2.05) is 30.3 Å². The van der Waals surface area contributed by atoms with Gasteiger partial charge in [0.2, 0.25) is 11.8 Å². The largest absolute Gasteiger partial charge is 0.481 e. The lowest BCUT2D eigenvalue weighted by Gasteiger charge is -2.25. The molecule has 2 amide bonds. The van der Waals surface area contributed by atoms with Crippen LogP contribution in [0.3, 0.4) is 0 Å². The summed E-state index contributed by atoms with van der Waals surface area (Å²) >= 11 is 0. The molecule has 0 bridgehead atoms. The Hall–Kier alpha value is -2.37. The van der Waals surface area contributed by atoms with Crippen LogP contribution < -0.4 is 5.32 Å². The number of carboxylic acid groups (broad SMARTS) is 1. The Morgan fingerprint density at radius 3 is 2.50 bits per heavy atom. The molecule has 1 unspecified atom stereocenters. The van der Waals surface area contributed by atoms with E-state index in [-0.39, 0.29) is 24.3 Å². The number of nitrogens with zero attached hydrogens (tertiary/aromatic N) is 1. The molecule has 130 valence electrons. The second-order valence-electron chi connectivity index (χ2n) is 6.07. The second-order valence-corrected chi connectivity index (χ2v) is 6.07. The number of benzene rings is 1. The topological polar surface area (TPSA) is 86.7 Å². The van der Waals surface area contributed by atoms with E-state index in [1.165, 1.54) is 0 Å². The number of aliphatic carboxylic acids is 1. The lowest BCUT2D eigenvalue weighted by molar-refractivity contribution is -0.137. The molecule has 24 heavy (non-hydrogen) atoms. The molecular formula is C18H24N2O4. The van der Waals surface area contributed by atoms with Crippen molar-refractivity contribution in [3.63, 3.8) is 0 Å². The maximum absolute atomic E-state index is 12.2. The SMILES string of the molecule is O=C(O)CCCCC(=O)NC(CN1CCCC1=O)c1ccccc1. The highest BCUT2D eigenvalue weighted by Gasteiger charge is 2.25. The van der Waals surface area contributed by atoms with E-state index in [0.717, 1.165) is 18.5 Å². The fourth-order valence-electron chi connectivity index (χ4n) is 2.87. The number of carbonyl (C=O) groups excluding carboxylic acids is 2. The van der Waals surface area contributed by atoms with Gasteiger partial charge < -0.3 is 15.3 Å². The summed E-state index contributed by atoms with van der Waals surface area (Å²) in [5.41, 5.74) is 0.969. The van der Waals surface area contributed by atoms with Crippen molar-refractivity contribution in [3.8, 4) is 0 Å². The van der Waals surface area contributed by atoms with Gasteiger partial charge in [-0.2, -0.15) is 0 Å². The van der Waals surface area contributed by atoms with Crippen LogP contribution in [0.4, 0.5) is 0 Å². The summed E-state index contributed by atoms with van der Waals surface area (Å²) < 4.78 is 0. The lowest BCUT2D eigenvalue weighted by Crippen LogP contribution is -2.38. The van der Waals surface area contributed by atoms with Crippen molar-refractivity contribution in [2.75, 3.05) is 13.1 Å². The third kappa shape index (κ3) is 5.68. The van der Waals surface area contributed by atoms with Gasteiger partial charge in [-0.3, -0.25) is 14.4 Å². The number of nitrogens with one attached hydrogen (secondary N) is 1. The molecule has 1 saturated heterocycles. The number of carboxylic acids is 1. The van der Waals surface area contributed by atoms with Gasteiger partial charge >= 0.3 is 5.97 Å². The third-order valence-electron chi connectivity index (χ3n) is 4.16. The molecule has 1 aliphatic rings. The first-order valence-corrected chi connectivity index (χ1v) is 8.40. The molecule has 0 aliphatic carbocycles. The number of likely N-dealkylation sites (tertiary alicyclic amines) is 1. The van der Waals surface area contributed by atoms with Crippen LogP contribution in [0.1, 0.15) is 50.1 Å². The van der Waals surface area contributed by atoms with Gasteiger partial charge in [0, 0.05) is 32.4 Å². The number of carbonyl (C=O) groups is 3. The van der Waals surface area contributed by atoms with Crippen LogP contribution in [-0.2, 0) is 14.4 Å². The maximum Gasteiger partial charge on any atom is 0.303 e. The fourth-order valence-corrected chi connectivity index (χ4v) is 2.87. The predicted octanol–water partition coefficient (Wildman–Crippen LogP) is 2.11. The normalized spacial score (nSPS) is 15.3. The number of amides is 2. The van der Waals surface area contributed by atoms with Crippen LogP contribution in [0.5, 0.6) is 0 Å². The minimum absolute atomic E-state index is 0.0810. The van der Waals surface area contributed by atoms with E-state index in [4.69, 9.17) is 5.11 Å². The highest BCUT2D eigenvalue weighted by atomic mass is 16.4. The van der Waals surface area contributed by atoms with E-state index in [9.17, 15) is 14.4 Å². The molecule has 1 fully saturated rings. The van der Waals surface area contributed by atoms with Crippen molar-refractivity contribution in [2.45, 2.75) is 44.6 Å². The number of rotatable bonds is 9. The molecule has 6 heteroatoms. The van der Waals surface area contributed by atoms with Crippen molar-refractivity contribution < 1.29 is 19.5 Å². The summed E-state index contributed by atoms with van der Waals surface area (Å²) in [4.78, 5) is 36.3. The summed E-state index contributed by atoms with van der Waals surface area (Å²) in [7, 11) is 0. The van der Waals surface area contributed by atoms with Crippen molar-refractivity contribution in [2.24, 2.45) is 0 Å². The van der Waals surface area contributed by atoms with Crippen LogP contribution in [0.25, 0.3) is 0 Å². The summed E-state index contributed by atoms with van der Waals surface area (Å²) in [5, 5.41) is 11.6. The van der Waals surface area contributed by atoms with Crippen molar-refractivity contribution >= 4 is 17.8 Å². The molecule has 0 aromatic heterocycles. The average molecular weight is 332 g/mol. The molecule has 1 atom stereocenters. The van der Waals surface area contributed by atoms with E-state index in [1.54, 1.807) is 4.90 Å². The molecular weight excluding hydrogens is 308 g/mol. The van der Waals surface area contributed by atoms with Gasteiger partial charge in [-0.1, -0.05) is 30.3 Å². The zero-order chi connectivity index (χ0) is 17.4. The minimum Gasteiger partial charge on any atom is -0.481 e. The standard InChI is InChI=1S/C18H24N2O4/c21-16(9-4-5-11-18(23)24)19-15(14-7-2-1-3-8-14)13-20-12-6-10-17(20)22/h1-3,7-8,15H,4-6,9-13H2,(H,19,21)(H,23,24). The predicted molar refractivity (Wildman–Crippen MR) is 89.2 cm³/mol. The zero-order valence-electron chi connectivity index (χ0n) is 13.7. The molecule has 1 aromatic rings. The minimum atomic E-state index is -0.842. The van der Waals surface area contributed by atoms with Crippen LogP contribution in [-0.4, -0.2) is 40.9 Å². The average Bonchev–Trinajstić information content (AvgIpc) is 2.97. The van der Waals surface area contributed by atoms with E-state index in [0.29, 0.717) is 32.2 Å². The van der Waals surface area contributed by atoms with Gasteiger partial charge in [0.05, 0.1) is 6.04 Å². The van der Waals surface area contributed by atoms with Crippen molar-refractivity contribution in [1.29, 1.82) is 0 Å². The number of hydrogen-bond acceptors (Lipinski definition) is 3. The Morgan fingerprint density at radius 1 is 1.17 bits per heavy atom. The van der Waals surface area contributed by atoms with Gasteiger partial charge in [-0.05, 0) is 24.8 Å².